The van der Waals surface area contributed by atoms with Gasteiger partial charge in [0, 0.05) is 13.7 Å². The lowest BCUT2D eigenvalue weighted by molar-refractivity contribution is -0.0319. The molecule has 0 aliphatic carbocycles. The third-order valence-corrected chi connectivity index (χ3v) is 3.23. The Morgan fingerprint density at radius 1 is 1.05 bits per heavy atom. The summed E-state index contributed by atoms with van der Waals surface area (Å²) in [4.78, 5) is 0. The highest BCUT2D eigenvalue weighted by atomic mass is 16.6. The lowest BCUT2D eigenvalue weighted by atomic mass is 10.2. The highest BCUT2D eigenvalue weighted by Crippen LogP contribution is 2.19. The molecule has 0 saturated carbocycles. The van der Waals surface area contributed by atoms with E-state index in [1.807, 2.05) is 0 Å². The standard InChI is InChI=1S/C15H31NO4/c1-13(2)10-16-11-14-4-5-15(20-14)12-19-9-8-18-7-6-17-3/h13-16H,4-12H2,1-3H3. The number of rotatable bonds is 12. The van der Waals surface area contributed by atoms with Crippen LogP contribution in [0.25, 0.3) is 0 Å². The van der Waals surface area contributed by atoms with E-state index in [4.69, 9.17) is 18.9 Å². The molecule has 1 aliphatic rings. The van der Waals surface area contributed by atoms with Crippen LogP contribution in [0.4, 0.5) is 0 Å². The zero-order valence-electron chi connectivity index (χ0n) is 13.2. The first-order valence-electron chi connectivity index (χ1n) is 7.73. The van der Waals surface area contributed by atoms with E-state index in [0.29, 0.717) is 45.1 Å². The number of ether oxygens (including phenoxy) is 4. The summed E-state index contributed by atoms with van der Waals surface area (Å²) < 4.78 is 21.7. The van der Waals surface area contributed by atoms with E-state index in [1.54, 1.807) is 7.11 Å². The normalized spacial score (nSPS) is 22.8. The average Bonchev–Trinajstić information content (AvgIpc) is 2.85. The molecule has 0 spiro atoms. The molecule has 2 atom stereocenters. The van der Waals surface area contributed by atoms with Crippen molar-refractivity contribution < 1.29 is 18.9 Å². The van der Waals surface area contributed by atoms with Gasteiger partial charge in [0.25, 0.3) is 0 Å². The molecule has 0 aromatic heterocycles. The summed E-state index contributed by atoms with van der Waals surface area (Å²) in [5.74, 6) is 0.689. The van der Waals surface area contributed by atoms with Crippen molar-refractivity contribution in [2.75, 3.05) is 53.2 Å². The summed E-state index contributed by atoms with van der Waals surface area (Å²) in [6, 6.07) is 0. The van der Waals surface area contributed by atoms with Crippen LogP contribution in [0, 0.1) is 5.92 Å². The molecule has 0 amide bonds. The largest absolute Gasteiger partial charge is 0.382 e. The molecule has 5 heteroatoms. The monoisotopic (exact) mass is 289 g/mol. The second kappa shape index (κ2) is 11.5. The predicted octanol–water partition coefficient (Wildman–Crippen LogP) is 1.46. The molecular formula is C15H31NO4. The number of hydrogen-bond acceptors (Lipinski definition) is 5. The summed E-state index contributed by atoms with van der Waals surface area (Å²) in [6.45, 7) is 9.63. The summed E-state index contributed by atoms with van der Waals surface area (Å²) in [5, 5.41) is 3.45. The molecule has 1 heterocycles. The summed E-state index contributed by atoms with van der Waals surface area (Å²) in [5.41, 5.74) is 0. The topological polar surface area (TPSA) is 49.0 Å². The van der Waals surface area contributed by atoms with Crippen LogP contribution in [0.5, 0.6) is 0 Å². The van der Waals surface area contributed by atoms with Gasteiger partial charge in [-0.2, -0.15) is 0 Å². The minimum Gasteiger partial charge on any atom is -0.382 e. The SMILES string of the molecule is COCCOCCOCC1CCC(CNCC(C)C)O1. The number of methoxy groups -OCH3 is 1. The first kappa shape index (κ1) is 17.9. The molecule has 0 aromatic carbocycles. The zero-order chi connectivity index (χ0) is 14.6. The van der Waals surface area contributed by atoms with Gasteiger partial charge in [-0.3, -0.25) is 0 Å². The molecule has 1 fully saturated rings. The Bertz CT molecular complexity index is 226. The molecule has 0 aromatic rings. The third-order valence-electron chi connectivity index (χ3n) is 3.23. The summed E-state index contributed by atoms with van der Waals surface area (Å²) in [7, 11) is 1.67. The van der Waals surface area contributed by atoms with Crippen LogP contribution in [-0.2, 0) is 18.9 Å². The maximum Gasteiger partial charge on any atom is 0.0813 e. The Labute approximate surface area is 123 Å². The van der Waals surface area contributed by atoms with Gasteiger partial charge in [-0.25, -0.2) is 0 Å². The smallest absolute Gasteiger partial charge is 0.0813 e. The van der Waals surface area contributed by atoms with E-state index >= 15 is 0 Å². The van der Waals surface area contributed by atoms with Crippen molar-refractivity contribution in [1.82, 2.24) is 5.32 Å². The Hall–Kier alpha value is -0.200. The minimum atomic E-state index is 0.250. The van der Waals surface area contributed by atoms with Crippen molar-refractivity contribution in [3.63, 3.8) is 0 Å². The molecular weight excluding hydrogens is 258 g/mol. The molecule has 20 heavy (non-hydrogen) atoms. The molecule has 0 radical (unpaired) electrons. The van der Waals surface area contributed by atoms with Crippen molar-refractivity contribution in [2.24, 2.45) is 5.92 Å². The molecule has 5 nitrogen and oxygen atoms in total. The van der Waals surface area contributed by atoms with E-state index < -0.39 is 0 Å². The van der Waals surface area contributed by atoms with Gasteiger partial charge in [-0.1, -0.05) is 13.8 Å². The molecule has 0 bridgehead atoms. The Balaban J connectivity index is 1.90. The lowest BCUT2D eigenvalue weighted by Gasteiger charge is -2.15. The second-order valence-corrected chi connectivity index (χ2v) is 5.69. The minimum absolute atomic E-state index is 0.250. The van der Waals surface area contributed by atoms with Crippen LogP contribution in [0.3, 0.4) is 0 Å². The molecule has 2 unspecified atom stereocenters. The third kappa shape index (κ3) is 8.87. The Kier molecular flexibility index (Phi) is 10.2. The van der Waals surface area contributed by atoms with Gasteiger partial charge in [0.1, 0.15) is 0 Å². The molecule has 1 aliphatic heterocycles. The van der Waals surface area contributed by atoms with E-state index in [0.717, 1.165) is 25.9 Å². The van der Waals surface area contributed by atoms with E-state index in [-0.39, 0.29) is 6.10 Å². The quantitative estimate of drug-likeness (QED) is 0.551. The second-order valence-electron chi connectivity index (χ2n) is 5.69. The fourth-order valence-electron chi connectivity index (χ4n) is 2.16. The van der Waals surface area contributed by atoms with Gasteiger partial charge >= 0.3 is 0 Å². The van der Waals surface area contributed by atoms with Crippen LogP contribution in [0.1, 0.15) is 26.7 Å². The van der Waals surface area contributed by atoms with Crippen molar-refractivity contribution in [3.8, 4) is 0 Å². The van der Waals surface area contributed by atoms with Gasteiger partial charge in [0.2, 0.25) is 0 Å². The maximum absolute atomic E-state index is 5.94. The highest BCUT2D eigenvalue weighted by Gasteiger charge is 2.24. The van der Waals surface area contributed by atoms with Crippen molar-refractivity contribution in [3.05, 3.63) is 0 Å². The van der Waals surface area contributed by atoms with Gasteiger partial charge in [0.15, 0.2) is 0 Å². The molecule has 1 rings (SSSR count). The first-order chi connectivity index (χ1) is 9.72. The Morgan fingerprint density at radius 2 is 1.75 bits per heavy atom. The number of nitrogens with one attached hydrogen (secondary N) is 1. The van der Waals surface area contributed by atoms with E-state index in [9.17, 15) is 0 Å². The maximum atomic E-state index is 5.94. The molecule has 1 saturated heterocycles. The molecule has 1 N–H and O–H groups in total. The fourth-order valence-corrected chi connectivity index (χ4v) is 2.16. The fraction of sp³-hybridized carbons (Fsp3) is 1.00. The van der Waals surface area contributed by atoms with Gasteiger partial charge in [0.05, 0.1) is 45.2 Å². The zero-order valence-corrected chi connectivity index (χ0v) is 13.2. The van der Waals surface area contributed by atoms with Crippen LogP contribution in [-0.4, -0.2) is 65.4 Å². The van der Waals surface area contributed by atoms with Gasteiger partial charge in [-0.05, 0) is 25.3 Å². The predicted molar refractivity (Wildman–Crippen MR) is 79.1 cm³/mol. The van der Waals surface area contributed by atoms with Crippen molar-refractivity contribution in [1.29, 1.82) is 0 Å². The van der Waals surface area contributed by atoms with Crippen LogP contribution in [0.2, 0.25) is 0 Å². The van der Waals surface area contributed by atoms with Crippen LogP contribution in [0.15, 0.2) is 0 Å². The summed E-state index contributed by atoms with van der Waals surface area (Å²) in [6.07, 6.45) is 2.82. The van der Waals surface area contributed by atoms with Gasteiger partial charge in [-0.15, -0.1) is 0 Å². The highest BCUT2D eigenvalue weighted by molar-refractivity contribution is 4.75. The Morgan fingerprint density at radius 3 is 2.50 bits per heavy atom. The van der Waals surface area contributed by atoms with E-state index in [1.165, 1.54) is 0 Å². The summed E-state index contributed by atoms with van der Waals surface area (Å²) >= 11 is 0. The van der Waals surface area contributed by atoms with Crippen molar-refractivity contribution >= 4 is 0 Å². The van der Waals surface area contributed by atoms with E-state index in [2.05, 4.69) is 19.2 Å². The van der Waals surface area contributed by atoms with Gasteiger partial charge < -0.3 is 24.3 Å². The first-order valence-corrected chi connectivity index (χ1v) is 7.73. The average molecular weight is 289 g/mol. The number of hydrogen-bond donors (Lipinski definition) is 1. The molecule has 120 valence electrons. The van der Waals surface area contributed by atoms with Crippen LogP contribution >= 0.6 is 0 Å². The lowest BCUT2D eigenvalue weighted by Crippen LogP contribution is -2.30. The van der Waals surface area contributed by atoms with Crippen LogP contribution < -0.4 is 5.32 Å². The van der Waals surface area contributed by atoms with Crippen molar-refractivity contribution in [2.45, 2.75) is 38.9 Å².